The summed E-state index contributed by atoms with van der Waals surface area (Å²) in [6, 6.07) is 1.28. The number of rotatable bonds is 10. The van der Waals surface area contributed by atoms with Crippen molar-refractivity contribution >= 4 is 28.8 Å². The number of alkyl halides is 5. The maximum atomic E-state index is 14.1. The molecule has 0 unspecified atom stereocenters. The van der Waals surface area contributed by atoms with Gasteiger partial charge in [0.05, 0.1) is 35.4 Å². The number of primary amides is 1. The molecule has 2 saturated carbocycles. The van der Waals surface area contributed by atoms with Crippen LogP contribution in [0.4, 0.5) is 22.0 Å². The highest BCUT2D eigenvalue weighted by atomic mass is 32.1. The van der Waals surface area contributed by atoms with Gasteiger partial charge in [0, 0.05) is 25.2 Å². The van der Waals surface area contributed by atoms with Crippen molar-refractivity contribution in [2.24, 2.45) is 17.6 Å². The fourth-order valence-electron chi connectivity index (χ4n) is 6.09. The first-order valence-corrected chi connectivity index (χ1v) is 15.1. The van der Waals surface area contributed by atoms with Crippen molar-refractivity contribution in [2.45, 2.75) is 95.2 Å². The first-order valence-electron chi connectivity index (χ1n) is 14.2. The van der Waals surface area contributed by atoms with Gasteiger partial charge < -0.3 is 11.1 Å². The van der Waals surface area contributed by atoms with Crippen LogP contribution in [-0.2, 0) is 4.79 Å². The van der Waals surface area contributed by atoms with Gasteiger partial charge in [0.1, 0.15) is 0 Å². The molecule has 0 aromatic carbocycles. The summed E-state index contributed by atoms with van der Waals surface area (Å²) in [5.41, 5.74) is 9.09. The number of nitrogens with one attached hydrogen (secondary N) is 1. The van der Waals surface area contributed by atoms with E-state index in [-0.39, 0.29) is 49.4 Å². The Bertz CT molecular complexity index is 1450. The lowest BCUT2D eigenvalue weighted by atomic mass is 9.73. The highest BCUT2D eigenvalue weighted by molar-refractivity contribution is 7.12. The van der Waals surface area contributed by atoms with E-state index in [1.54, 1.807) is 23.0 Å². The van der Waals surface area contributed by atoms with Crippen LogP contribution < -0.4 is 11.1 Å². The number of hydrogen-bond acceptors (Lipinski definition) is 5. The quantitative estimate of drug-likeness (QED) is 0.244. The van der Waals surface area contributed by atoms with Gasteiger partial charge in [-0.2, -0.15) is 18.3 Å². The van der Waals surface area contributed by atoms with Crippen LogP contribution in [0, 0.1) is 11.8 Å². The largest absolute Gasteiger partial charge is 0.389 e. The second kappa shape index (κ2) is 11.5. The van der Waals surface area contributed by atoms with Crippen molar-refractivity contribution < 1.29 is 31.5 Å². The Morgan fingerprint density at radius 1 is 1.17 bits per heavy atom. The number of carbonyl (C=O) groups is 2. The summed E-state index contributed by atoms with van der Waals surface area (Å²) >= 11 is 1.25. The van der Waals surface area contributed by atoms with Gasteiger partial charge in [-0.3, -0.25) is 9.59 Å². The van der Waals surface area contributed by atoms with Gasteiger partial charge in [-0.15, -0.1) is 11.3 Å². The number of nitrogens with zero attached hydrogens (tertiary/aromatic N) is 3. The fourth-order valence-corrected chi connectivity index (χ4v) is 7.21. The minimum absolute atomic E-state index is 0.0386. The van der Waals surface area contributed by atoms with Crippen LogP contribution in [0.15, 0.2) is 23.8 Å². The number of fused-ring (bicyclic) bond motifs is 1. The number of imidazole rings is 1. The lowest BCUT2D eigenvalue weighted by molar-refractivity contribution is -0.144. The first-order chi connectivity index (χ1) is 19.7. The number of amides is 2. The van der Waals surface area contributed by atoms with E-state index in [2.05, 4.69) is 10.4 Å². The molecular weight excluding hydrogens is 577 g/mol. The van der Waals surface area contributed by atoms with Crippen molar-refractivity contribution in [2.75, 3.05) is 0 Å². The molecule has 2 fully saturated rings. The summed E-state index contributed by atoms with van der Waals surface area (Å²) in [6.45, 7) is 3.92. The average Bonchev–Trinajstić information content (AvgIpc) is 3.50. The van der Waals surface area contributed by atoms with Crippen molar-refractivity contribution in [3.8, 4) is 0 Å². The first kappa shape index (κ1) is 30.4. The molecule has 3 N–H and O–H groups in total. The lowest BCUT2D eigenvalue weighted by Crippen LogP contribution is -2.30. The summed E-state index contributed by atoms with van der Waals surface area (Å²) in [5, 5.41) is 9.13. The van der Waals surface area contributed by atoms with Crippen molar-refractivity contribution in [1.29, 1.82) is 0 Å². The van der Waals surface area contributed by atoms with Gasteiger partial charge in [-0.25, -0.2) is 18.3 Å². The Hall–Kier alpha value is -3.09. The monoisotopic (exact) mass is 611 g/mol. The van der Waals surface area contributed by atoms with E-state index in [0.717, 1.165) is 24.0 Å². The Morgan fingerprint density at radius 2 is 1.86 bits per heavy atom. The van der Waals surface area contributed by atoms with E-state index >= 15 is 0 Å². The maximum Gasteiger partial charge on any atom is 0.389 e. The van der Waals surface area contributed by atoms with Crippen LogP contribution in [0.25, 0.3) is 5.65 Å². The van der Waals surface area contributed by atoms with E-state index in [1.807, 2.05) is 19.2 Å². The molecule has 0 bridgehead atoms. The zero-order valence-electron chi connectivity index (χ0n) is 23.4. The molecule has 3 aromatic heterocycles. The van der Waals surface area contributed by atoms with Gasteiger partial charge in [0.15, 0.2) is 5.65 Å². The van der Waals surface area contributed by atoms with Gasteiger partial charge in [0.2, 0.25) is 11.8 Å². The minimum atomic E-state index is -4.42. The number of aromatic nitrogens is 3. The second-order valence-electron chi connectivity index (χ2n) is 11.9. The number of hydrogen-bond donors (Lipinski definition) is 2. The predicted octanol–water partition coefficient (Wildman–Crippen LogP) is 6.88. The molecule has 2 aliphatic carbocycles. The van der Waals surface area contributed by atoms with Crippen molar-refractivity contribution in [3.63, 3.8) is 0 Å². The van der Waals surface area contributed by atoms with Crippen LogP contribution in [0.2, 0.25) is 0 Å². The smallest absolute Gasteiger partial charge is 0.365 e. The van der Waals surface area contributed by atoms with Crippen LogP contribution in [0.1, 0.15) is 115 Å². The van der Waals surface area contributed by atoms with E-state index in [4.69, 9.17) is 10.7 Å². The van der Waals surface area contributed by atoms with Gasteiger partial charge >= 0.3 is 6.18 Å². The highest BCUT2D eigenvalue weighted by Crippen LogP contribution is 2.48. The van der Waals surface area contributed by atoms with Gasteiger partial charge in [-0.1, -0.05) is 13.8 Å². The predicted molar refractivity (Wildman–Crippen MR) is 148 cm³/mol. The number of halogens is 5. The second-order valence-corrected chi connectivity index (χ2v) is 12.8. The molecule has 0 radical (unpaired) electrons. The van der Waals surface area contributed by atoms with Crippen molar-refractivity contribution in [1.82, 2.24) is 19.9 Å². The molecule has 0 saturated heterocycles. The zero-order valence-corrected chi connectivity index (χ0v) is 24.2. The van der Waals surface area contributed by atoms with Gasteiger partial charge in [-0.05, 0) is 71.6 Å². The molecule has 42 heavy (non-hydrogen) atoms. The molecule has 228 valence electrons. The van der Waals surface area contributed by atoms with E-state index < -0.39 is 42.8 Å². The molecule has 5 rings (SSSR count). The fraction of sp³-hybridized carbons (Fsp3) is 0.586. The summed E-state index contributed by atoms with van der Waals surface area (Å²) < 4.78 is 67.8. The van der Waals surface area contributed by atoms with Crippen molar-refractivity contribution in [3.05, 3.63) is 51.1 Å². The molecule has 3 heterocycles. The van der Waals surface area contributed by atoms with Crippen LogP contribution in [-0.4, -0.2) is 38.5 Å². The minimum Gasteiger partial charge on any atom is -0.365 e. The van der Waals surface area contributed by atoms with E-state index in [0.29, 0.717) is 21.8 Å². The molecule has 13 heteroatoms. The Labute approximate surface area is 244 Å². The Kier molecular flexibility index (Phi) is 8.34. The molecule has 0 spiro atoms. The topological polar surface area (TPSA) is 102 Å². The normalized spacial score (nSPS) is 19.2. The molecule has 2 amide bonds. The average molecular weight is 612 g/mol. The molecule has 2 atom stereocenters. The SMILES string of the molecule is CC(C)c1c([C@@H](c2cn3ncc([C@H](NC(=O)CCC(F)(F)F)C4CC4)cc3n2)C2CCC(F)(F)CC2)csc1C(N)=O. The summed E-state index contributed by atoms with van der Waals surface area (Å²) in [7, 11) is 0. The Morgan fingerprint density at radius 3 is 2.45 bits per heavy atom. The molecule has 7 nitrogen and oxygen atoms in total. The van der Waals surface area contributed by atoms with E-state index in [1.165, 1.54) is 11.3 Å². The molecule has 3 aromatic rings. The molecule has 2 aliphatic rings. The Balaban J connectivity index is 1.49. The third-order valence-corrected chi connectivity index (χ3v) is 9.34. The van der Waals surface area contributed by atoms with Gasteiger partial charge in [0.25, 0.3) is 5.91 Å². The summed E-state index contributed by atoms with van der Waals surface area (Å²) in [5.74, 6) is -4.37. The van der Waals surface area contributed by atoms with Crippen LogP contribution in [0.5, 0.6) is 0 Å². The summed E-state index contributed by atoms with van der Waals surface area (Å²) in [4.78, 5) is 29.9. The maximum absolute atomic E-state index is 14.1. The number of thiophene rings is 1. The number of carbonyl (C=O) groups excluding carboxylic acids is 2. The third-order valence-electron chi connectivity index (χ3n) is 8.31. The zero-order chi connectivity index (χ0) is 30.4. The van der Waals surface area contributed by atoms with Crippen LogP contribution >= 0.6 is 11.3 Å². The van der Waals surface area contributed by atoms with E-state index in [9.17, 15) is 31.5 Å². The third kappa shape index (κ3) is 6.76. The lowest BCUT2D eigenvalue weighted by Gasteiger charge is -2.33. The number of nitrogens with two attached hydrogens (primary N) is 1. The molecular formula is C29H34F5N5O2S. The summed E-state index contributed by atoms with van der Waals surface area (Å²) in [6.07, 6.45) is -1.13. The van der Waals surface area contributed by atoms with Crippen LogP contribution in [0.3, 0.4) is 0 Å². The molecule has 0 aliphatic heterocycles. The standard InChI is InChI=1S/C29H34F5N5O2S/c1-15(2)23-19(14-42-26(23)27(35)41)24(16-5-8-28(30,31)9-6-16)20-13-39-21(37-20)11-18(12-36-39)25(17-3-4-17)38-22(40)7-10-29(32,33)34/h11-17,24-25H,3-10H2,1-2H3,(H2,35,41)(H,38,40)/t24-,25+/m0/s1. The highest BCUT2D eigenvalue weighted by Gasteiger charge is 2.41.